The summed E-state index contributed by atoms with van der Waals surface area (Å²) in [5, 5.41) is 7.46. The van der Waals surface area contributed by atoms with Crippen LogP contribution in [0.2, 0.25) is 0 Å². The van der Waals surface area contributed by atoms with Crippen molar-refractivity contribution < 1.29 is 14.3 Å². The molecule has 1 amide bonds. The quantitative estimate of drug-likeness (QED) is 0.389. The Hall–Kier alpha value is -2.50. The molecule has 9 nitrogen and oxygen atoms in total. The van der Waals surface area contributed by atoms with Crippen molar-refractivity contribution in [1.82, 2.24) is 20.0 Å². The molecule has 0 spiro atoms. The highest BCUT2D eigenvalue weighted by atomic mass is 127. The van der Waals surface area contributed by atoms with E-state index in [2.05, 4.69) is 15.4 Å². The molecule has 0 radical (unpaired) electrons. The molecule has 2 aromatic rings. The van der Waals surface area contributed by atoms with Crippen LogP contribution in [0.5, 0.6) is 11.5 Å². The minimum absolute atomic E-state index is 0. The van der Waals surface area contributed by atoms with Gasteiger partial charge in [0.2, 0.25) is 12.7 Å². The number of rotatable bonds is 3. The van der Waals surface area contributed by atoms with Crippen LogP contribution in [-0.2, 0) is 18.4 Å². The molecule has 0 saturated carbocycles. The van der Waals surface area contributed by atoms with Crippen LogP contribution in [0.15, 0.2) is 35.6 Å². The second-order valence-electron chi connectivity index (χ2n) is 6.43. The number of carbonyl (C=O) groups is 1. The first-order valence-electron chi connectivity index (χ1n) is 8.77. The van der Waals surface area contributed by atoms with E-state index in [1.165, 1.54) is 0 Å². The average Bonchev–Trinajstić information content (AvgIpc) is 3.30. The lowest BCUT2D eigenvalue weighted by Gasteiger charge is -2.35. The number of benzene rings is 1. The number of aliphatic imine (C=N–C) groups is 1. The number of nitrogens with one attached hydrogen (secondary N) is 1. The molecule has 0 aliphatic carbocycles. The van der Waals surface area contributed by atoms with Crippen molar-refractivity contribution in [3.63, 3.8) is 0 Å². The van der Waals surface area contributed by atoms with Crippen LogP contribution in [0.1, 0.15) is 5.56 Å². The molecule has 0 atom stereocenters. The molecule has 1 saturated heterocycles. The summed E-state index contributed by atoms with van der Waals surface area (Å²) in [6.45, 7) is 2.41. The molecule has 28 heavy (non-hydrogen) atoms. The third kappa shape index (κ3) is 4.16. The number of nitrogens with zero attached hydrogens (tertiary/aromatic N) is 5. The average molecular weight is 498 g/mol. The Balaban J connectivity index is 0.00000225. The number of amides is 1. The predicted molar refractivity (Wildman–Crippen MR) is 115 cm³/mol. The molecule has 0 bridgehead atoms. The SMILES string of the molecule is CN=C(NCc1ccc2c(c1)OCO2)N1CCN(c2cnn(C)c2)C(=O)C1.I. The van der Waals surface area contributed by atoms with Crippen molar-refractivity contribution in [2.75, 3.05) is 38.4 Å². The lowest BCUT2D eigenvalue weighted by Crippen LogP contribution is -2.55. The first-order chi connectivity index (χ1) is 13.1. The van der Waals surface area contributed by atoms with Gasteiger partial charge in [-0.15, -0.1) is 24.0 Å². The number of ether oxygens (including phenoxy) is 2. The van der Waals surface area contributed by atoms with Gasteiger partial charge in [0.15, 0.2) is 17.5 Å². The van der Waals surface area contributed by atoms with Gasteiger partial charge in [-0.2, -0.15) is 5.10 Å². The Morgan fingerprint density at radius 2 is 2.11 bits per heavy atom. The summed E-state index contributed by atoms with van der Waals surface area (Å²) >= 11 is 0. The second kappa shape index (κ2) is 8.67. The molecule has 0 unspecified atom stereocenters. The normalized spacial score (nSPS) is 16.2. The molecule has 1 N–H and O–H groups in total. The maximum absolute atomic E-state index is 12.6. The first-order valence-corrected chi connectivity index (χ1v) is 8.77. The van der Waals surface area contributed by atoms with Crippen molar-refractivity contribution in [3.8, 4) is 11.5 Å². The minimum Gasteiger partial charge on any atom is -0.454 e. The monoisotopic (exact) mass is 498 g/mol. The fourth-order valence-corrected chi connectivity index (χ4v) is 3.24. The lowest BCUT2D eigenvalue weighted by atomic mass is 10.2. The van der Waals surface area contributed by atoms with Gasteiger partial charge in [-0.05, 0) is 17.7 Å². The van der Waals surface area contributed by atoms with E-state index in [9.17, 15) is 4.79 Å². The molecule has 2 aliphatic rings. The van der Waals surface area contributed by atoms with Gasteiger partial charge in [-0.3, -0.25) is 14.5 Å². The fraction of sp³-hybridized carbons (Fsp3) is 0.389. The van der Waals surface area contributed by atoms with Gasteiger partial charge >= 0.3 is 0 Å². The summed E-state index contributed by atoms with van der Waals surface area (Å²) in [5.41, 5.74) is 1.88. The summed E-state index contributed by atoms with van der Waals surface area (Å²) < 4.78 is 12.4. The molecule has 2 aliphatic heterocycles. The summed E-state index contributed by atoms with van der Waals surface area (Å²) in [6.07, 6.45) is 3.56. The minimum atomic E-state index is 0. The van der Waals surface area contributed by atoms with Gasteiger partial charge in [-0.1, -0.05) is 6.07 Å². The maximum Gasteiger partial charge on any atom is 0.246 e. The highest BCUT2D eigenvalue weighted by Gasteiger charge is 2.27. The number of aromatic nitrogens is 2. The van der Waals surface area contributed by atoms with Gasteiger partial charge in [0.1, 0.15) is 6.54 Å². The van der Waals surface area contributed by atoms with E-state index in [1.807, 2.05) is 36.3 Å². The number of halogens is 1. The molecule has 4 rings (SSSR count). The number of fused-ring (bicyclic) bond motifs is 1. The van der Waals surface area contributed by atoms with E-state index < -0.39 is 0 Å². The Morgan fingerprint density at radius 1 is 1.29 bits per heavy atom. The third-order valence-corrected chi connectivity index (χ3v) is 4.62. The van der Waals surface area contributed by atoms with Crippen LogP contribution in [0.3, 0.4) is 0 Å². The van der Waals surface area contributed by atoms with E-state index in [-0.39, 0.29) is 43.2 Å². The predicted octanol–water partition coefficient (Wildman–Crippen LogP) is 1.19. The van der Waals surface area contributed by atoms with Crippen LogP contribution in [-0.4, -0.2) is 60.0 Å². The zero-order valence-corrected chi connectivity index (χ0v) is 18.1. The van der Waals surface area contributed by atoms with E-state index in [1.54, 1.807) is 22.8 Å². The van der Waals surface area contributed by atoms with E-state index in [4.69, 9.17) is 9.47 Å². The van der Waals surface area contributed by atoms with Gasteiger partial charge < -0.3 is 24.6 Å². The van der Waals surface area contributed by atoms with Gasteiger partial charge in [0.05, 0.1) is 11.9 Å². The van der Waals surface area contributed by atoms with Crippen molar-refractivity contribution in [2.24, 2.45) is 12.0 Å². The van der Waals surface area contributed by atoms with Crippen LogP contribution < -0.4 is 19.7 Å². The standard InChI is InChI=1S/C18H22N6O3.HI/c1-19-18(20-8-13-3-4-15-16(7-13)27-12-26-15)23-5-6-24(17(25)11-23)14-9-21-22(2)10-14;/h3-4,7,9-10H,5-6,8,11-12H2,1-2H3,(H,19,20);1H. The van der Waals surface area contributed by atoms with Crippen LogP contribution >= 0.6 is 24.0 Å². The maximum atomic E-state index is 12.6. The highest BCUT2D eigenvalue weighted by molar-refractivity contribution is 14.0. The Labute approximate surface area is 180 Å². The molecule has 10 heteroatoms. The second-order valence-corrected chi connectivity index (χ2v) is 6.43. The largest absolute Gasteiger partial charge is 0.454 e. The van der Waals surface area contributed by atoms with E-state index in [0.717, 1.165) is 22.7 Å². The number of piperazine rings is 1. The Bertz CT molecular complexity index is 884. The number of hydrogen-bond acceptors (Lipinski definition) is 5. The molecular formula is C18H23IN6O3. The summed E-state index contributed by atoms with van der Waals surface area (Å²) in [7, 11) is 3.56. The topological polar surface area (TPSA) is 84.2 Å². The van der Waals surface area contributed by atoms with Gasteiger partial charge in [-0.25, -0.2) is 0 Å². The van der Waals surface area contributed by atoms with Crippen molar-refractivity contribution in [2.45, 2.75) is 6.54 Å². The molecule has 150 valence electrons. The first kappa shape index (κ1) is 20.2. The fourth-order valence-electron chi connectivity index (χ4n) is 3.24. The number of anilines is 1. The number of aryl methyl sites for hydroxylation is 1. The van der Waals surface area contributed by atoms with E-state index >= 15 is 0 Å². The number of carbonyl (C=O) groups excluding carboxylic acids is 1. The zero-order chi connectivity index (χ0) is 18.8. The number of hydrogen-bond donors (Lipinski definition) is 1. The third-order valence-electron chi connectivity index (χ3n) is 4.62. The molecule has 1 fully saturated rings. The lowest BCUT2D eigenvalue weighted by molar-refractivity contribution is -0.120. The van der Waals surface area contributed by atoms with Crippen LogP contribution in [0.4, 0.5) is 5.69 Å². The Morgan fingerprint density at radius 3 is 2.82 bits per heavy atom. The number of guanidine groups is 1. The Kier molecular flexibility index (Phi) is 6.27. The summed E-state index contributed by atoms with van der Waals surface area (Å²) in [4.78, 5) is 20.6. The zero-order valence-electron chi connectivity index (χ0n) is 15.8. The van der Waals surface area contributed by atoms with Crippen LogP contribution in [0, 0.1) is 0 Å². The highest BCUT2D eigenvalue weighted by Crippen LogP contribution is 2.32. The molecular weight excluding hydrogens is 475 g/mol. The van der Waals surface area contributed by atoms with E-state index in [0.29, 0.717) is 25.6 Å². The van der Waals surface area contributed by atoms with Crippen molar-refractivity contribution >= 4 is 41.5 Å². The van der Waals surface area contributed by atoms with Crippen molar-refractivity contribution in [3.05, 3.63) is 36.2 Å². The molecule has 1 aromatic heterocycles. The van der Waals surface area contributed by atoms with Gasteiger partial charge in [0.25, 0.3) is 0 Å². The van der Waals surface area contributed by atoms with Crippen LogP contribution in [0.25, 0.3) is 0 Å². The summed E-state index contributed by atoms with van der Waals surface area (Å²) in [5.74, 6) is 2.25. The molecule has 3 heterocycles. The van der Waals surface area contributed by atoms with Crippen molar-refractivity contribution in [1.29, 1.82) is 0 Å². The molecule has 1 aromatic carbocycles. The van der Waals surface area contributed by atoms with Gasteiger partial charge in [0, 0.05) is 39.9 Å². The smallest absolute Gasteiger partial charge is 0.246 e. The summed E-state index contributed by atoms with van der Waals surface area (Å²) in [6, 6.07) is 5.84.